The second kappa shape index (κ2) is 9.91. The summed E-state index contributed by atoms with van der Waals surface area (Å²) in [6.45, 7) is 3.38. The van der Waals surface area contributed by atoms with Crippen molar-refractivity contribution in [3.8, 4) is 11.5 Å². The zero-order valence-corrected chi connectivity index (χ0v) is 18.4. The Hall–Kier alpha value is -2.59. The number of aromatic nitrogens is 1. The lowest BCUT2D eigenvalue weighted by Gasteiger charge is -2.14. The molecule has 0 saturated carbocycles. The number of carbonyl (C=O) groups is 1. The van der Waals surface area contributed by atoms with Crippen LogP contribution < -0.4 is 4.74 Å². The SMILES string of the molecule is C=C(C(=O)OCc1cccc(Oc2c(Cl)cc(C(F)(F)F)cc2Cl)c1)C(O)c1nccs1. The number of carbonyl (C=O) groups excluding carboxylic acids is 1. The van der Waals surface area contributed by atoms with Crippen LogP contribution in [0.3, 0.4) is 0 Å². The van der Waals surface area contributed by atoms with Gasteiger partial charge in [0.2, 0.25) is 0 Å². The van der Waals surface area contributed by atoms with E-state index >= 15 is 0 Å². The third-order valence-electron chi connectivity index (χ3n) is 4.09. The first-order valence-electron chi connectivity index (χ1n) is 8.82. The van der Waals surface area contributed by atoms with Crippen molar-refractivity contribution in [3.63, 3.8) is 0 Å². The molecule has 0 aliphatic carbocycles. The van der Waals surface area contributed by atoms with Gasteiger partial charge >= 0.3 is 12.1 Å². The minimum absolute atomic E-state index is 0.143. The maximum atomic E-state index is 12.9. The number of hydrogen-bond acceptors (Lipinski definition) is 6. The zero-order valence-electron chi connectivity index (χ0n) is 16.0. The predicted octanol–water partition coefficient (Wildman–Crippen LogP) is 6.59. The first-order chi connectivity index (χ1) is 15.1. The quantitative estimate of drug-likeness (QED) is 0.290. The summed E-state index contributed by atoms with van der Waals surface area (Å²) < 4.78 is 49.3. The first-order valence-corrected chi connectivity index (χ1v) is 10.5. The van der Waals surface area contributed by atoms with Crippen molar-refractivity contribution >= 4 is 40.5 Å². The average molecular weight is 504 g/mol. The van der Waals surface area contributed by atoms with E-state index in [9.17, 15) is 23.1 Å². The van der Waals surface area contributed by atoms with E-state index in [0.717, 1.165) is 0 Å². The van der Waals surface area contributed by atoms with Gasteiger partial charge in [0.05, 0.1) is 21.2 Å². The molecule has 0 aliphatic heterocycles. The number of hydrogen-bond donors (Lipinski definition) is 1. The number of rotatable bonds is 7. The Morgan fingerprint density at radius 1 is 1.22 bits per heavy atom. The van der Waals surface area contributed by atoms with E-state index in [-0.39, 0.29) is 33.7 Å². The standard InChI is InChI=1S/C21H14Cl2F3NO4S/c1-11(17(28)19-27-5-6-32-19)20(29)30-10-12-3-2-4-14(7-12)31-18-15(22)8-13(9-16(18)23)21(24,25)26/h2-9,17,28H,1,10H2. The lowest BCUT2D eigenvalue weighted by atomic mass is 10.2. The molecule has 0 fully saturated rings. The van der Waals surface area contributed by atoms with Crippen LogP contribution >= 0.6 is 34.5 Å². The molecule has 0 saturated heterocycles. The van der Waals surface area contributed by atoms with Crippen LogP contribution in [0, 0.1) is 0 Å². The van der Waals surface area contributed by atoms with Gasteiger partial charge in [0, 0.05) is 11.6 Å². The van der Waals surface area contributed by atoms with Crippen LogP contribution in [0.25, 0.3) is 0 Å². The van der Waals surface area contributed by atoms with Crippen LogP contribution in [0.1, 0.15) is 22.2 Å². The van der Waals surface area contributed by atoms with Gasteiger partial charge in [-0.3, -0.25) is 0 Å². The van der Waals surface area contributed by atoms with Crippen molar-refractivity contribution in [2.45, 2.75) is 18.9 Å². The lowest BCUT2D eigenvalue weighted by molar-refractivity contribution is -0.141. The van der Waals surface area contributed by atoms with Gasteiger partial charge in [-0.1, -0.05) is 41.9 Å². The van der Waals surface area contributed by atoms with Crippen molar-refractivity contribution < 1.29 is 32.5 Å². The van der Waals surface area contributed by atoms with Crippen molar-refractivity contribution in [1.29, 1.82) is 0 Å². The summed E-state index contributed by atoms with van der Waals surface area (Å²) in [5.41, 5.74) is -0.664. The molecule has 5 nitrogen and oxygen atoms in total. The highest BCUT2D eigenvalue weighted by Crippen LogP contribution is 2.41. The fourth-order valence-electron chi connectivity index (χ4n) is 2.51. The van der Waals surface area contributed by atoms with Crippen molar-refractivity contribution in [2.24, 2.45) is 0 Å². The summed E-state index contributed by atoms with van der Waals surface area (Å²) in [5, 5.41) is 11.4. The van der Waals surface area contributed by atoms with Gasteiger partial charge in [0.15, 0.2) is 5.75 Å². The molecule has 1 heterocycles. The Balaban J connectivity index is 1.67. The maximum absolute atomic E-state index is 12.9. The molecule has 11 heteroatoms. The number of ether oxygens (including phenoxy) is 2. The number of aliphatic hydroxyl groups excluding tert-OH is 1. The molecule has 1 atom stereocenters. The van der Waals surface area contributed by atoms with Crippen LogP contribution in [-0.2, 0) is 22.3 Å². The second-order valence-corrected chi connectivity index (χ2v) is 8.13. The Bertz CT molecular complexity index is 1110. The molecular weight excluding hydrogens is 490 g/mol. The molecular formula is C21H14Cl2F3NO4S. The predicted molar refractivity (Wildman–Crippen MR) is 114 cm³/mol. The molecule has 2 aromatic carbocycles. The highest BCUT2D eigenvalue weighted by molar-refractivity contribution is 7.09. The van der Waals surface area contributed by atoms with Crippen molar-refractivity contribution in [1.82, 2.24) is 4.98 Å². The van der Waals surface area contributed by atoms with Crippen molar-refractivity contribution in [3.05, 3.63) is 86.3 Å². The largest absolute Gasteiger partial charge is 0.457 e. The van der Waals surface area contributed by atoms with Gasteiger partial charge in [-0.2, -0.15) is 13.2 Å². The molecule has 32 heavy (non-hydrogen) atoms. The van der Waals surface area contributed by atoms with Gasteiger partial charge < -0.3 is 14.6 Å². The topological polar surface area (TPSA) is 68.7 Å². The molecule has 3 rings (SSSR count). The minimum atomic E-state index is -4.60. The number of alkyl halides is 3. The molecule has 0 bridgehead atoms. The number of thiazole rings is 1. The van der Waals surface area contributed by atoms with E-state index in [0.29, 0.717) is 22.7 Å². The Morgan fingerprint density at radius 3 is 2.50 bits per heavy atom. The summed E-state index contributed by atoms with van der Waals surface area (Å²) in [4.78, 5) is 16.1. The molecule has 3 aromatic rings. The molecule has 0 radical (unpaired) electrons. The van der Waals surface area contributed by atoms with Gasteiger partial charge in [-0.05, 0) is 29.8 Å². The number of esters is 1. The summed E-state index contributed by atoms with van der Waals surface area (Å²) in [5.74, 6) is -0.743. The maximum Gasteiger partial charge on any atom is 0.416 e. The van der Waals surface area contributed by atoms with Gasteiger partial charge in [0.25, 0.3) is 0 Å². The highest BCUT2D eigenvalue weighted by atomic mass is 35.5. The van der Waals surface area contributed by atoms with E-state index in [1.54, 1.807) is 17.5 Å². The van der Waals surface area contributed by atoms with Gasteiger partial charge in [-0.25, -0.2) is 9.78 Å². The van der Waals surface area contributed by atoms with Crippen LogP contribution in [0.5, 0.6) is 11.5 Å². The molecule has 0 spiro atoms. The average Bonchev–Trinajstić information content (AvgIpc) is 3.28. The third-order valence-corrected chi connectivity index (χ3v) is 5.48. The molecule has 1 aromatic heterocycles. The fourth-order valence-corrected chi connectivity index (χ4v) is 3.73. The van der Waals surface area contributed by atoms with Gasteiger partial charge in [-0.15, -0.1) is 11.3 Å². The summed E-state index contributed by atoms with van der Waals surface area (Å²) in [6, 6.07) is 7.68. The Labute approximate surface area is 194 Å². The van der Waals surface area contributed by atoms with Crippen LogP contribution in [0.15, 0.2) is 60.1 Å². The third kappa shape index (κ3) is 5.80. The Morgan fingerprint density at radius 2 is 1.91 bits per heavy atom. The number of halogens is 5. The number of aliphatic hydroxyl groups is 1. The van der Waals surface area contributed by atoms with Crippen molar-refractivity contribution in [2.75, 3.05) is 0 Å². The monoisotopic (exact) mass is 503 g/mol. The van der Waals surface area contributed by atoms with Gasteiger partial charge in [0.1, 0.15) is 23.5 Å². The Kier molecular flexibility index (Phi) is 7.45. The van der Waals surface area contributed by atoms with Crippen LogP contribution in [0.4, 0.5) is 13.2 Å². The molecule has 0 aliphatic rings. The summed E-state index contributed by atoms with van der Waals surface area (Å²) in [7, 11) is 0. The van der Waals surface area contributed by atoms with E-state index in [1.807, 2.05) is 0 Å². The van der Waals surface area contributed by atoms with E-state index in [2.05, 4.69) is 11.6 Å². The smallest absolute Gasteiger partial charge is 0.416 e. The second-order valence-electron chi connectivity index (χ2n) is 6.39. The molecule has 1 N–H and O–H groups in total. The molecule has 168 valence electrons. The van der Waals surface area contributed by atoms with E-state index in [4.69, 9.17) is 32.7 Å². The highest BCUT2D eigenvalue weighted by Gasteiger charge is 2.32. The zero-order chi connectivity index (χ0) is 23.5. The minimum Gasteiger partial charge on any atom is -0.457 e. The molecule has 1 unspecified atom stereocenters. The summed E-state index contributed by atoms with van der Waals surface area (Å²) in [6.07, 6.45) is -4.39. The number of nitrogens with zero attached hydrogens (tertiary/aromatic N) is 1. The normalized spacial score (nSPS) is 12.3. The summed E-state index contributed by atoms with van der Waals surface area (Å²) >= 11 is 13.0. The lowest BCUT2D eigenvalue weighted by Crippen LogP contribution is -2.13. The molecule has 0 amide bonds. The van der Waals surface area contributed by atoms with Crippen LogP contribution in [-0.4, -0.2) is 16.1 Å². The van der Waals surface area contributed by atoms with E-state index in [1.165, 1.54) is 29.7 Å². The van der Waals surface area contributed by atoms with E-state index < -0.39 is 23.8 Å². The van der Waals surface area contributed by atoms with Crippen LogP contribution in [0.2, 0.25) is 10.0 Å². The number of benzene rings is 2. The fraction of sp³-hybridized carbons (Fsp3) is 0.143. The first kappa shape index (κ1) is 24.1.